The fraction of sp³-hybridized carbons (Fsp3) is 0.200. The molecule has 0 spiro atoms. The molecule has 0 unspecified atom stereocenters. The summed E-state index contributed by atoms with van der Waals surface area (Å²) < 4.78 is 28.2. The van der Waals surface area contributed by atoms with Gasteiger partial charge in [0.25, 0.3) is 15.6 Å². The molecule has 0 radical (unpaired) electrons. The fourth-order valence-electron chi connectivity index (χ4n) is 3.46. The molecule has 0 atom stereocenters. The van der Waals surface area contributed by atoms with Crippen LogP contribution in [0.5, 0.6) is 0 Å². The molecule has 2 N–H and O–H groups in total. The Morgan fingerprint density at radius 2 is 1.93 bits per heavy atom. The van der Waals surface area contributed by atoms with Gasteiger partial charge in [0.15, 0.2) is 0 Å². The molecule has 0 bridgehead atoms. The van der Waals surface area contributed by atoms with Crippen LogP contribution in [-0.4, -0.2) is 25.9 Å². The first-order chi connectivity index (χ1) is 13.2. The van der Waals surface area contributed by atoms with Crippen molar-refractivity contribution >= 4 is 38.2 Å². The summed E-state index contributed by atoms with van der Waals surface area (Å²) in [5.74, 6) is -0.0622. The predicted molar refractivity (Wildman–Crippen MR) is 108 cm³/mol. The van der Waals surface area contributed by atoms with Crippen molar-refractivity contribution in [2.75, 3.05) is 16.2 Å². The largest absolute Gasteiger partial charge is 0.322 e. The molecule has 1 amide bonds. The van der Waals surface area contributed by atoms with Gasteiger partial charge in [0, 0.05) is 24.7 Å². The molecule has 0 fully saturated rings. The highest BCUT2D eigenvalue weighted by Crippen LogP contribution is 2.31. The van der Waals surface area contributed by atoms with E-state index in [0.717, 1.165) is 16.6 Å². The highest BCUT2D eigenvalue weighted by molar-refractivity contribution is 7.92. The number of aryl methyl sites for hydroxylation is 1. The Labute approximate surface area is 162 Å². The predicted octanol–water partition coefficient (Wildman–Crippen LogP) is 2.55. The van der Waals surface area contributed by atoms with Crippen molar-refractivity contribution in [2.24, 2.45) is 0 Å². The van der Waals surface area contributed by atoms with E-state index < -0.39 is 10.0 Å². The number of carbonyl (C=O) groups excluding carboxylic acids is 1. The average Bonchev–Trinajstić information content (AvgIpc) is 3.06. The van der Waals surface area contributed by atoms with Gasteiger partial charge in [0.2, 0.25) is 5.91 Å². The van der Waals surface area contributed by atoms with E-state index in [1.165, 1.54) is 13.0 Å². The number of hydrogen-bond donors (Lipinski definition) is 2. The summed E-state index contributed by atoms with van der Waals surface area (Å²) in [6.07, 6.45) is 0.620. The first kappa shape index (κ1) is 18.2. The summed E-state index contributed by atoms with van der Waals surface area (Å²) in [4.78, 5) is 28.0. The van der Waals surface area contributed by atoms with Gasteiger partial charge in [-0.25, -0.2) is 8.42 Å². The normalized spacial score (nSPS) is 13.6. The third-order valence-electron chi connectivity index (χ3n) is 4.92. The van der Waals surface area contributed by atoms with Crippen LogP contribution in [0.4, 0.5) is 11.4 Å². The summed E-state index contributed by atoms with van der Waals surface area (Å²) in [6.45, 7) is 3.77. The zero-order valence-electron chi connectivity index (χ0n) is 15.4. The van der Waals surface area contributed by atoms with Crippen LogP contribution < -0.4 is 15.2 Å². The molecule has 0 saturated carbocycles. The molecule has 3 aromatic rings. The van der Waals surface area contributed by atoms with Gasteiger partial charge >= 0.3 is 0 Å². The van der Waals surface area contributed by atoms with Crippen molar-refractivity contribution < 1.29 is 13.2 Å². The number of benzene rings is 2. The number of anilines is 2. The Bertz CT molecular complexity index is 1280. The van der Waals surface area contributed by atoms with Crippen molar-refractivity contribution in [2.45, 2.75) is 25.2 Å². The minimum atomic E-state index is -3.81. The van der Waals surface area contributed by atoms with Gasteiger partial charge in [-0.2, -0.15) is 0 Å². The molecule has 0 saturated heterocycles. The minimum Gasteiger partial charge on any atom is -0.322 e. The van der Waals surface area contributed by atoms with Crippen LogP contribution in [0.15, 0.2) is 52.2 Å². The third kappa shape index (κ3) is 3.16. The lowest BCUT2D eigenvalue weighted by atomic mass is 10.1. The number of nitrogens with zero attached hydrogens (tertiary/aromatic N) is 1. The number of hydrogen-bond acceptors (Lipinski definition) is 4. The van der Waals surface area contributed by atoms with E-state index in [1.807, 2.05) is 0 Å². The Balaban J connectivity index is 1.66. The molecule has 144 valence electrons. The topological polar surface area (TPSA) is 99.3 Å². The molecule has 2 aromatic carbocycles. The number of rotatable bonds is 3. The van der Waals surface area contributed by atoms with E-state index in [2.05, 4.69) is 9.71 Å². The van der Waals surface area contributed by atoms with E-state index >= 15 is 0 Å². The van der Waals surface area contributed by atoms with Crippen LogP contribution in [0.2, 0.25) is 0 Å². The molecular formula is C20H19N3O4S. The molecule has 8 heteroatoms. The monoisotopic (exact) mass is 397 g/mol. The Morgan fingerprint density at radius 3 is 2.68 bits per heavy atom. The third-order valence-corrected chi connectivity index (χ3v) is 6.30. The lowest BCUT2D eigenvalue weighted by Crippen LogP contribution is -2.25. The van der Waals surface area contributed by atoms with Crippen molar-refractivity contribution in [3.05, 3.63) is 63.9 Å². The highest BCUT2D eigenvalue weighted by Gasteiger charge is 2.24. The maximum Gasteiger partial charge on any atom is 0.261 e. The van der Waals surface area contributed by atoms with E-state index in [-0.39, 0.29) is 16.4 Å². The number of H-pyrrole nitrogens is 1. The van der Waals surface area contributed by atoms with Gasteiger partial charge in [-0.1, -0.05) is 6.07 Å². The number of pyridine rings is 1. The lowest BCUT2D eigenvalue weighted by Gasteiger charge is -2.15. The summed E-state index contributed by atoms with van der Waals surface area (Å²) in [7, 11) is -3.81. The standard InChI is InChI=1S/C20H19N3O4S/c1-12-9-14-3-4-16(11-18(14)21-20(12)25)22-28(26,27)17-5-6-19-15(10-17)7-8-23(19)13(2)24/h3-6,9-11,22H,7-8H2,1-2H3,(H,21,25). The van der Waals surface area contributed by atoms with Crippen molar-refractivity contribution in [3.63, 3.8) is 0 Å². The fourth-order valence-corrected chi connectivity index (χ4v) is 4.56. The van der Waals surface area contributed by atoms with Crippen LogP contribution >= 0.6 is 0 Å². The van der Waals surface area contributed by atoms with Crippen LogP contribution in [-0.2, 0) is 21.2 Å². The second-order valence-corrected chi connectivity index (χ2v) is 8.58. The number of nitrogens with one attached hydrogen (secondary N) is 2. The first-order valence-corrected chi connectivity index (χ1v) is 10.3. The molecule has 0 aliphatic carbocycles. The van der Waals surface area contributed by atoms with Gasteiger partial charge in [-0.3, -0.25) is 14.3 Å². The number of fused-ring (bicyclic) bond motifs is 2. The number of aromatic nitrogens is 1. The van der Waals surface area contributed by atoms with Crippen LogP contribution in [0.25, 0.3) is 10.9 Å². The second kappa shape index (κ2) is 6.49. The molecule has 1 aliphatic heterocycles. The summed E-state index contributed by atoms with van der Waals surface area (Å²) >= 11 is 0. The number of aromatic amines is 1. The van der Waals surface area contributed by atoms with Crippen molar-refractivity contribution in [1.82, 2.24) is 4.98 Å². The number of sulfonamides is 1. The quantitative estimate of drug-likeness (QED) is 0.709. The number of carbonyl (C=O) groups is 1. The van der Waals surface area contributed by atoms with Crippen LogP contribution in [0.1, 0.15) is 18.1 Å². The minimum absolute atomic E-state index is 0.0622. The molecule has 28 heavy (non-hydrogen) atoms. The molecular weight excluding hydrogens is 378 g/mol. The zero-order chi connectivity index (χ0) is 20.1. The Hall–Kier alpha value is -3.13. The van der Waals surface area contributed by atoms with Crippen LogP contribution in [0.3, 0.4) is 0 Å². The van der Waals surface area contributed by atoms with Gasteiger partial charge in [0.1, 0.15) is 0 Å². The lowest BCUT2D eigenvalue weighted by molar-refractivity contribution is -0.116. The van der Waals surface area contributed by atoms with E-state index in [1.54, 1.807) is 48.2 Å². The van der Waals surface area contributed by atoms with Gasteiger partial charge in [0.05, 0.1) is 16.1 Å². The van der Waals surface area contributed by atoms with E-state index in [9.17, 15) is 18.0 Å². The van der Waals surface area contributed by atoms with Crippen LogP contribution in [0, 0.1) is 6.92 Å². The Morgan fingerprint density at radius 1 is 1.14 bits per heavy atom. The second-order valence-electron chi connectivity index (χ2n) is 6.90. The van der Waals surface area contributed by atoms with E-state index in [4.69, 9.17) is 0 Å². The van der Waals surface area contributed by atoms with Crippen molar-refractivity contribution in [1.29, 1.82) is 0 Å². The highest BCUT2D eigenvalue weighted by atomic mass is 32.2. The van der Waals surface area contributed by atoms with E-state index in [0.29, 0.717) is 29.7 Å². The Kier molecular flexibility index (Phi) is 4.23. The average molecular weight is 397 g/mol. The summed E-state index contributed by atoms with van der Waals surface area (Å²) in [5.41, 5.74) is 2.89. The maximum absolute atomic E-state index is 12.8. The maximum atomic E-state index is 12.8. The van der Waals surface area contributed by atoms with Gasteiger partial charge < -0.3 is 9.88 Å². The molecule has 1 aromatic heterocycles. The van der Waals surface area contributed by atoms with Gasteiger partial charge in [-0.15, -0.1) is 0 Å². The molecule has 1 aliphatic rings. The van der Waals surface area contributed by atoms with Crippen molar-refractivity contribution in [3.8, 4) is 0 Å². The summed E-state index contributed by atoms with van der Waals surface area (Å²) in [5, 5.41) is 0.821. The number of amides is 1. The SMILES string of the molecule is CC(=O)N1CCc2cc(S(=O)(=O)Nc3ccc4cc(C)c(=O)[nH]c4c3)ccc21. The molecule has 4 rings (SSSR count). The summed E-state index contributed by atoms with van der Waals surface area (Å²) in [6, 6.07) is 11.5. The molecule has 7 nitrogen and oxygen atoms in total. The first-order valence-electron chi connectivity index (χ1n) is 8.82. The van der Waals surface area contributed by atoms with Gasteiger partial charge in [-0.05, 0) is 60.7 Å². The zero-order valence-corrected chi connectivity index (χ0v) is 16.3. The molecule has 2 heterocycles. The smallest absolute Gasteiger partial charge is 0.261 e.